The molecular formula is C6H13NO3. The van der Waals surface area contributed by atoms with Gasteiger partial charge >= 0.3 is 5.97 Å². The second kappa shape index (κ2) is 4.24. The van der Waals surface area contributed by atoms with Gasteiger partial charge in [0.25, 0.3) is 0 Å². The SMILES string of the molecule is COC(=O)[C@@H](CO)N(C)C. The van der Waals surface area contributed by atoms with E-state index >= 15 is 0 Å². The minimum absolute atomic E-state index is 0.209. The molecule has 0 amide bonds. The van der Waals surface area contributed by atoms with Gasteiger partial charge in [-0.3, -0.25) is 9.69 Å². The van der Waals surface area contributed by atoms with Gasteiger partial charge in [0.05, 0.1) is 13.7 Å². The largest absolute Gasteiger partial charge is 0.468 e. The zero-order chi connectivity index (χ0) is 8.15. The molecule has 0 aliphatic heterocycles. The first-order valence-corrected chi connectivity index (χ1v) is 2.98. The van der Waals surface area contributed by atoms with Crippen molar-refractivity contribution in [1.29, 1.82) is 0 Å². The van der Waals surface area contributed by atoms with Crippen LogP contribution in [0, 0.1) is 0 Å². The summed E-state index contributed by atoms with van der Waals surface area (Å²) in [6, 6.07) is -0.537. The first-order valence-electron chi connectivity index (χ1n) is 2.98. The van der Waals surface area contributed by atoms with Crippen LogP contribution in [-0.4, -0.2) is 49.8 Å². The van der Waals surface area contributed by atoms with E-state index in [2.05, 4.69) is 4.74 Å². The van der Waals surface area contributed by atoms with E-state index in [9.17, 15) is 4.79 Å². The minimum Gasteiger partial charge on any atom is -0.468 e. The maximum absolute atomic E-state index is 10.8. The molecule has 0 unspecified atom stereocenters. The van der Waals surface area contributed by atoms with Crippen molar-refractivity contribution in [2.45, 2.75) is 6.04 Å². The maximum atomic E-state index is 10.8. The first-order chi connectivity index (χ1) is 4.63. The fourth-order valence-corrected chi connectivity index (χ4v) is 0.585. The molecule has 4 heteroatoms. The molecule has 0 rings (SSSR count). The Morgan fingerprint density at radius 2 is 2.20 bits per heavy atom. The van der Waals surface area contributed by atoms with Crippen LogP contribution in [0.4, 0.5) is 0 Å². The number of aliphatic hydroxyl groups excluding tert-OH is 1. The molecule has 60 valence electrons. The highest BCUT2D eigenvalue weighted by Crippen LogP contribution is 1.93. The molecule has 0 saturated carbocycles. The number of hydrogen-bond acceptors (Lipinski definition) is 4. The molecule has 0 bridgehead atoms. The lowest BCUT2D eigenvalue weighted by molar-refractivity contribution is -0.147. The van der Waals surface area contributed by atoms with Crippen molar-refractivity contribution in [2.75, 3.05) is 27.8 Å². The molecule has 0 aromatic heterocycles. The van der Waals surface area contributed by atoms with Gasteiger partial charge in [-0.1, -0.05) is 0 Å². The lowest BCUT2D eigenvalue weighted by Gasteiger charge is -2.18. The topological polar surface area (TPSA) is 49.8 Å². The summed E-state index contributed by atoms with van der Waals surface area (Å²) in [6.07, 6.45) is 0. The van der Waals surface area contributed by atoms with E-state index in [-0.39, 0.29) is 6.61 Å². The molecule has 10 heavy (non-hydrogen) atoms. The molecule has 0 saturated heterocycles. The Labute approximate surface area is 60.4 Å². The highest BCUT2D eigenvalue weighted by molar-refractivity contribution is 5.75. The molecule has 0 heterocycles. The second-order valence-corrected chi connectivity index (χ2v) is 2.19. The summed E-state index contributed by atoms with van der Waals surface area (Å²) in [5, 5.41) is 8.66. The highest BCUT2D eigenvalue weighted by Gasteiger charge is 2.19. The molecule has 0 aromatic rings. The van der Waals surface area contributed by atoms with E-state index in [0.29, 0.717) is 0 Å². The Kier molecular flexibility index (Phi) is 3.99. The normalized spacial score (nSPS) is 13.3. The van der Waals surface area contributed by atoms with E-state index in [1.165, 1.54) is 7.11 Å². The Morgan fingerprint density at radius 3 is 2.30 bits per heavy atom. The summed E-state index contributed by atoms with van der Waals surface area (Å²) < 4.78 is 4.42. The molecular weight excluding hydrogens is 134 g/mol. The number of nitrogens with zero attached hydrogens (tertiary/aromatic N) is 1. The Morgan fingerprint density at radius 1 is 1.70 bits per heavy atom. The van der Waals surface area contributed by atoms with Crippen molar-refractivity contribution in [1.82, 2.24) is 4.90 Å². The van der Waals surface area contributed by atoms with Crippen molar-refractivity contribution in [2.24, 2.45) is 0 Å². The van der Waals surface area contributed by atoms with E-state index in [1.807, 2.05) is 0 Å². The van der Waals surface area contributed by atoms with Crippen molar-refractivity contribution in [3.8, 4) is 0 Å². The van der Waals surface area contributed by atoms with Gasteiger partial charge in [-0.15, -0.1) is 0 Å². The first kappa shape index (κ1) is 9.39. The minimum atomic E-state index is -0.537. The smallest absolute Gasteiger partial charge is 0.325 e. The van der Waals surface area contributed by atoms with Crippen molar-refractivity contribution in [3.05, 3.63) is 0 Å². The van der Waals surface area contributed by atoms with Crippen molar-refractivity contribution < 1.29 is 14.6 Å². The number of ether oxygens (including phenoxy) is 1. The number of aliphatic hydroxyl groups is 1. The fraction of sp³-hybridized carbons (Fsp3) is 0.833. The summed E-state index contributed by atoms with van der Waals surface area (Å²) >= 11 is 0. The molecule has 0 aromatic carbocycles. The Balaban J connectivity index is 3.93. The maximum Gasteiger partial charge on any atom is 0.325 e. The molecule has 0 spiro atoms. The fourth-order valence-electron chi connectivity index (χ4n) is 0.585. The lowest BCUT2D eigenvalue weighted by Crippen LogP contribution is -2.39. The highest BCUT2D eigenvalue weighted by atomic mass is 16.5. The van der Waals surface area contributed by atoms with Gasteiger partial charge in [0.15, 0.2) is 0 Å². The number of likely N-dealkylation sites (N-methyl/N-ethyl adjacent to an activating group) is 1. The van der Waals surface area contributed by atoms with Crippen molar-refractivity contribution >= 4 is 5.97 Å². The van der Waals surface area contributed by atoms with Gasteiger partial charge in [-0.25, -0.2) is 0 Å². The van der Waals surface area contributed by atoms with Gasteiger partial charge in [0, 0.05) is 0 Å². The number of hydrogen-bond donors (Lipinski definition) is 1. The number of carbonyl (C=O) groups excluding carboxylic acids is 1. The van der Waals surface area contributed by atoms with E-state index < -0.39 is 12.0 Å². The average Bonchev–Trinajstić information content (AvgIpc) is 1.88. The van der Waals surface area contributed by atoms with Crippen LogP contribution in [0.2, 0.25) is 0 Å². The van der Waals surface area contributed by atoms with Crippen LogP contribution in [0.3, 0.4) is 0 Å². The van der Waals surface area contributed by atoms with Gasteiger partial charge < -0.3 is 9.84 Å². The third-order valence-corrected chi connectivity index (χ3v) is 1.27. The zero-order valence-electron chi connectivity index (χ0n) is 6.50. The predicted molar refractivity (Wildman–Crippen MR) is 36.6 cm³/mol. The summed E-state index contributed by atoms with van der Waals surface area (Å²) in [7, 11) is 4.71. The average molecular weight is 147 g/mol. The number of methoxy groups -OCH3 is 1. The van der Waals surface area contributed by atoms with Crippen LogP contribution in [0.1, 0.15) is 0 Å². The van der Waals surface area contributed by atoms with Crippen LogP contribution in [0.5, 0.6) is 0 Å². The van der Waals surface area contributed by atoms with Gasteiger partial charge in [-0.2, -0.15) is 0 Å². The monoisotopic (exact) mass is 147 g/mol. The van der Waals surface area contributed by atoms with E-state index in [4.69, 9.17) is 5.11 Å². The van der Waals surface area contributed by atoms with Gasteiger partial charge in [0.1, 0.15) is 6.04 Å². The predicted octanol–water partition coefficient (Wildman–Crippen LogP) is -0.918. The van der Waals surface area contributed by atoms with Gasteiger partial charge in [0.2, 0.25) is 0 Å². The third kappa shape index (κ3) is 2.33. The molecule has 1 N–H and O–H groups in total. The standard InChI is InChI=1S/C6H13NO3/c1-7(2)5(4-8)6(9)10-3/h5,8H,4H2,1-3H3/t5-/m1/s1. The van der Waals surface area contributed by atoms with Crippen molar-refractivity contribution in [3.63, 3.8) is 0 Å². The third-order valence-electron chi connectivity index (χ3n) is 1.27. The van der Waals surface area contributed by atoms with Gasteiger partial charge in [-0.05, 0) is 14.1 Å². The van der Waals surface area contributed by atoms with Crippen LogP contribution < -0.4 is 0 Å². The van der Waals surface area contributed by atoms with Crippen LogP contribution in [0.15, 0.2) is 0 Å². The molecule has 0 aliphatic rings. The molecule has 1 atom stereocenters. The Hall–Kier alpha value is -0.610. The summed E-state index contributed by atoms with van der Waals surface area (Å²) in [6.45, 7) is -0.209. The summed E-state index contributed by atoms with van der Waals surface area (Å²) in [5.41, 5.74) is 0. The molecule has 0 fully saturated rings. The zero-order valence-corrected chi connectivity index (χ0v) is 6.50. The number of rotatable bonds is 3. The quantitative estimate of drug-likeness (QED) is 0.525. The van der Waals surface area contributed by atoms with E-state index in [0.717, 1.165) is 0 Å². The second-order valence-electron chi connectivity index (χ2n) is 2.19. The molecule has 4 nitrogen and oxygen atoms in total. The number of carbonyl (C=O) groups is 1. The molecule has 0 radical (unpaired) electrons. The van der Waals surface area contributed by atoms with Crippen LogP contribution >= 0.6 is 0 Å². The number of esters is 1. The van der Waals surface area contributed by atoms with E-state index in [1.54, 1.807) is 19.0 Å². The Bertz CT molecular complexity index is 114. The van der Waals surface area contributed by atoms with Crippen LogP contribution in [0.25, 0.3) is 0 Å². The lowest BCUT2D eigenvalue weighted by atomic mass is 10.3. The summed E-state index contributed by atoms with van der Waals surface area (Å²) in [4.78, 5) is 12.4. The van der Waals surface area contributed by atoms with Crippen LogP contribution in [-0.2, 0) is 9.53 Å². The summed E-state index contributed by atoms with van der Waals surface area (Å²) in [5.74, 6) is -0.410. The molecule has 0 aliphatic carbocycles.